The van der Waals surface area contributed by atoms with E-state index < -0.39 is 8.80 Å². The maximum atomic E-state index is 5.69. The average Bonchev–Trinajstić information content (AvgIpc) is 2.82. The molecular weight excluding hydrogens is 400 g/mol. The van der Waals surface area contributed by atoms with Gasteiger partial charge in [0.05, 0.1) is 7.11 Å². The van der Waals surface area contributed by atoms with Gasteiger partial charge in [0.15, 0.2) is 0 Å². The van der Waals surface area contributed by atoms with Crippen molar-refractivity contribution in [1.29, 1.82) is 0 Å². The van der Waals surface area contributed by atoms with Crippen LogP contribution in [0.1, 0.15) is 0 Å². The van der Waals surface area contributed by atoms with Crippen molar-refractivity contribution in [2.75, 3.05) is 35.2 Å². The molecule has 0 spiro atoms. The lowest BCUT2D eigenvalue weighted by Crippen LogP contribution is -2.54. The van der Waals surface area contributed by atoms with Gasteiger partial charge in [0.2, 0.25) is 6.79 Å². The van der Waals surface area contributed by atoms with E-state index in [1.165, 1.54) is 0 Å². The molecule has 0 bridgehead atoms. The van der Waals surface area contributed by atoms with Crippen molar-refractivity contribution in [3.8, 4) is 28.4 Å². The van der Waals surface area contributed by atoms with Crippen LogP contribution in [-0.4, -0.2) is 44.0 Å². The fourth-order valence-electron chi connectivity index (χ4n) is 3.05. The largest absolute Gasteiger partial charge is 0.536 e. The number of hydrogen-bond acceptors (Lipinski definition) is 6. The molecule has 0 amide bonds. The number of benzene rings is 3. The van der Waals surface area contributed by atoms with Crippen LogP contribution in [0.4, 0.5) is 0 Å². The number of rotatable bonds is 10. The summed E-state index contributed by atoms with van der Waals surface area (Å²) in [6.45, 7) is 0.0998. The Hall–Kier alpha value is -2.84. The van der Waals surface area contributed by atoms with E-state index in [1.807, 2.05) is 72.8 Å². The van der Waals surface area contributed by atoms with E-state index >= 15 is 0 Å². The molecule has 0 fully saturated rings. The van der Waals surface area contributed by atoms with Gasteiger partial charge in [-0.3, -0.25) is 0 Å². The Kier molecular flexibility index (Phi) is 7.48. The van der Waals surface area contributed by atoms with Crippen LogP contribution < -0.4 is 19.4 Å². The molecule has 0 N–H and O–H groups in total. The predicted molar refractivity (Wildman–Crippen MR) is 117 cm³/mol. The van der Waals surface area contributed by atoms with Crippen LogP contribution in [0.3, 0.4) is 0 Å². The number of ether oxygens (including phenoxy) is 3. The third-order valence-electron chi connectivity index (χ3n) is 4.74. The standard InChI is InChI=1S/C23H26O6Si/c1-24-20-9-5-18(6-10-20)19-7-11-21(12-8-19)28-17-29-22-13-15-23(16-14-22)30(25-2,26-3)27-4/h5-16H,17H2,1-4H3. The van der Waals surface area contributed by atoms with Crippen molar-refractivity contribution < 1.29 is 27.5 Å². The first-order valence-electron chi connectivity index (χ1n) is 9.40. The second-order valence-corrected chi connectivity index (χ2v) is 9.27. The van der Waals surface area contributed by atoms with E-state index in [-0.39, 0.29) is 6.79 Å². The summed E-state index contributed by atoms with van der Waals surface area (Å²) >= 11 is 0. The second kappa shape index (κ2) is 10.3. The summed E-state index contributed by atoms with van der Waals surface area (Å²) in [4.78, 5) is 0. The first kappa shape index (κ1) is 21.9. The van der Waals surface area contributed by atoms with Gasteiger partial charge in [0.1, 0.15) is 17.2 Å². The smallest absolute Gasteiger partial charge is 0.497 e. The summed E-state index contributed by atoms with van der Waals surface area (Å²) < 4.78 is 33.0. The highest BCUT2D eigenvalue weighted by Gasteiger charge is 2.40. The van der Waals surface area contributed by atoms with Gasteiger partial charge >= 0.3 is 8.80 Å². The molecule has 0 radical (unpaired) electrons. The molecule has 3 rings (SSSR count). The highest BCUT2D eigenvalue weighted by Crippen LogP contribution is 2.24. The zero-order chi connectivity index (χ0) is 21.4. The quantitative estimate of drug-likeness (QED) is 0.362. The van der Waals surface area contributed by atoms with Gasteiger partial charge in [0, 0.05) is 26.5 Å². The number of hydrogen-bond donors (Lipinski definition) is 0. The topological polar surface area (TPSA) is 55.4 Å². The highest BCUT2D eigenvalue weighted by atomic mass is 28.4. The SMILES string of the molecule is COc1ccc(-c2ccc(OCOc3ccc([Si](OC)(OC)OC)cc3)cc2)cc1. The number of methoxy groups -OCH3 is 1. The van der Waals surface area contributed by atoms with Gasteiger partial charge in [-0.2, -0.15) is 0 Å². The van der Waals surface area contributed by atoms with E-state index in [1.54, 1.807) is 28.4 Å². The fraction of sp³-hybridized carbons (Fsp3) is 0.217. The lowest BCUT2D eigenvalue weighted by molar-refractivity contribution is 0.120. The van der Waals surface area contributed by atoms with Crippen molar-refractivity contribution in [2.45, 2.75) is 0 Å². The third kappa shape index (κ3) is 5.01. The molecule has 0 atom stereocenters. The van der Waals surface area contributed by atoms with Crippen LogP contribution in [0.2, 0.25) is 0 Å². The maximum absolute atomic E-state index is 5.69. The minimum absolute atomic E-state index is 0.0998. The predicted octanol–water partition coefficient (Wildman–Crippen LogP) is 3.86. The average molecular weight is 427 g/mol. The molecule has 3 aromatic carbocycles. The van der Waals surface area contributed by atoms with Gasteiger partial charge in [-0.1, -0.05) is 36.4 Å². The summed E-state index contributed by atoms with van der Waals surface area (Å²) in [5.41, 5.74) is 2.21. The molecule has 6 nitrogen and oxygen atoms in total. The van der Waals surface area contributed by atoms with Crippen molar-refractivity contribution in [2.24, 2.45) is 0 Å². The van der Waals surface area contributed by atoms with Crippen LogP contribution in [0.15, 0.2) is 72.8 Å². The van der Waals surface area contributed by atoms with Gasteiger partial charge < -0.3 is 27.5 Å². The monoisotopic (exact) mass is 426 g/mol. The fourth-order valence-corrected chi connectivity index (χ4v) is 4.83. The Morgan fingerprint density at radius 3 is 1.33 bits per heavy atom. The molecule has 0 saturated heterocycles. The molecule has 0 heterocycles. The minimum Gasteiger partial charge on any atom is -0.497 e. The van der Waals surface area contributed by atoms with E-state index in [2.05, 4.69) is 0 Å². The molecule has 0 unspecified atom stereocenters. The first-order valence-corrected chi connectivity index (χ1v) is 11.1. The van der Waals surface area contributed by atoms with E-state index in [9.17, 15) is 0 Å². The molecule has 0 aliphatic heterocycles. The van der Waals surface area contributed by atoms with E-state index in [0.717, 1.165) is 27.8 Å². The Labute approximate surface area is 178 Å². The van der Waals surface area contributed by atoms with Gasteiger partial charge in [-0.05, 0) is 47.5 Å². The Balaban J connectivity index is 1.55. The maximum Gasteiger partial charge on any atom is 0.536 e. The van der Waals surface area contributed by atoms with Gasteiger partial charge in [-0.25, -0.2) is 0 Å². The second-order valence-electron chi connectivity index (χ2n) is 6.35. The van der Waals surface area contributed by atoms with Crippen LogP contribution in [0, 0.1) is 0 Å². The molecule has 7 heteroatoms. The van der Waals surface area contributed by atoms with Crippen molar-refractivity contribution >= 4 is 14.0 Å². The summed E-state index contributed by atoms with van der Waals surface area (Å²) in [6, 6.07) is 23.2. The van der Waals surface area contributed by atoms with Crippen LogP contribution >= 0.6 is 0 Å². The molecule has 3 aromatic rings. The summed E-state index contributed by atoms with van der Waals surface area (Å²) in [5, 5.41) is 0.859. The zero-order valence-corrected chi connectivity index (χ0v) is 18.6. The first-order chi connectivity index (χ1) is 14.6. The molecular formula is C23H26O6Si. The Bertz CT molecular complexity index is 898. The summed E-state index contributed by atoms with van der Waals surface area (Å²) in [5.74, 6) is 2.25. The van der Waals surface area contributed by atoms with E-state index in [0.29, 0.717) is 5.75 Å². The third-order valence-corrected chi connectivity index (χ3v) is 7.40. The lowest BCUT2D eigenvalue weighted by Gasteiger charge is -2.24. The molecule has 0 aliphatic rings. The summed E-state index contributed by atoms with van der Waals surface area (Å²) in [7, 11) is 3.57. The zero-order valence-electron chi connectivity index (χ0n) is 17.6. The van der Waals surface area contributed by atoms with E-state index in [4.69, 9.17) is 27.5 Å². The lowest BCUT2D eigenvalue weighted by atomic mass is 10.1. The van der Waals surface area contributed by atoms with Crippen LogP contribution in [0.5, 0.6) is 17.2 Å². The van der Waals surface area contributed by atoms with Crippen LogP contribution in [0.25, 0.3) is 11.1 Å². The summed E-state index contributed by atoms with van der Waals surface area (Å²) in [6.07, 6.45) is 0. The van der Waals surface area contributed by atoms with Crippen LogP contribution in [-0.2, 0) is 13.3 Å². The highest BCUT2D eigenvalue weighted by molar-refractivity contribution is 6.75. The Morgan fingerprint density at radius 1 is 0.533 bits per heavy atom. The molecule has 0 saturated carbocycles. The molecule has 158 valence electrons. The van der Waals surface area contributed by atoms with Gasteiger partial charge in [-0.15, -0.1) is 0 Å². The van der Waals surface area contributed by atoms with Gasteiger partial charge in [0.25, 0.3) is 0 Å². The molecule has 0 aliphatic carbocycles. The normalized spacial score (nSPS) is 11.2. The molecule has 30 heavy (non-hydrogen) atoms. The van der Waals surface area contributed by atoms with Crippen molar-refractivity contribution in [3.05, 3.63) is 72.8 Å². The minimum atomic E-state index is -2.83. The van der Waals surface area contributed by atoms with Crippen molar-refractivity contribution in [1.82, 2.24) is 0 Å². The molecule has 0 aromatic heterocycles. The Morgan fingerprint density at radius 2 is 0.933 bits per heavy atom. The van der Waals surface area contributed by atoms with Crippen molar-refractivity contribution in [3.63, 3.8) is 0 Å².